The maximum Gasteiger partial charge on any atom is 0.203 e. The van der Waals surface area contributed by atoms with E-state index in [9.17, 15) is 5.11 Å². The molecule has 0 saturated carbocycles. The smallest absolute Gasteiger partial charge is 0.203 e. The van der Waals surface area contributed by atoms with Crippen LogP contribution in [0.25, 0.3) is 0 Å². The van der Waals surface area contributed by atoms with E-state index < -0.39 is 0 Å². The maximum absolute atomic E-state index is 9.66. The molecule has 0 unspecified atom stereocenters. The molecule has 19 heavy (non-hydrogen) atoms. The molecular formula is C14H15N3OS. The first-order valence-electron chi connectivity index (χ1n) is 5.83. The first-order valence-corrected chi connectivity index (χ1v) is 6.71. The Kier molecular flexibility index (Phi) is 4.30. The number of anilines is 1. The average Bonchev–Trinajstić information content (AvgIpc) is 2.79. The molecule has 2 rings (SSSR count). The summed E-state index contributed by atoms with van der Waals surface area (Å²) in [6, 6.07) is 5.35. The van der Waals surface area contributed by atoms with Crippen LogP contribution < -0.4 is 5.43 Å². The van der Waals surface area contributed by atoms with Crippen molar-refractivity contribution in [2.75, 3.05) is 5.43 Å². The number of nitrogens with zero attached hydrogens (tertiary/aromatic N) is 2. The summed E-state index contributed by atoms with van der Waals surface area (Å²) in [7, 11) is 0. The number of phenolic OH excluding ortho intramolecular Hbond substituents is 1. The largest absolute Gasteiger partial charge is 0.508 e. The summed E-state index contributed by atoms with van der Waals surface area (Å²) in [5.74, 6) is 0.278. The molecule has 1 aromatic heterocycles. The molecule has 0 saturated heterocycles. The van der Waals surface area contributed by atoms with Crippen LogP contribution in [0, 0.1) is 6.92 Å². The van der Waals surface area contributed by atoms with Gasteiger partial charge in [-0.2, -0.15) is 5.10 Å². The van der Waals surface area contributed by atoms with E-state index in [2.05, 4.69) is 22.1 Å². The van der Waals surface area contributed by atoms with Gasteiger partial charge in [0, 0.05) is 5.38 Å². The van der Waals surface area contributed by atoms with Gasteiger partial charge in [0.25, 0.3) is 0 Å². The molecule has 98 valence electrons. The molecule has 0 radical (unpaired) electrons. The quantitative estimate of drug-likeness (QED) is 0.499. The van der Waals surface area contributed by atoms with E-state index in [0.717, 1.165) is 22.0 Å². The van der Waals surface area contributed by atoms with Crippen LogP contribution >= 0.6 is 11.3 Å². The predicted molar refractivity (Wildman–Crippen MR) is 80.1 cm³/mol. The summed E-state index contributed by atoms with van der Waals surface area (Å²) in [6.07, 6.45) is 4.09. The normalized spacial score (nSPS) is 10.8. The van der Waals surface area contributed by atoms with E-state index >= 15 is 0 Å². The zero-order valence-electron chi connectivity index (χ0n) is 10.6. The van der Waals surface area contributed by atoms with Crippen molar-refractivity contribution < 1.29 is 5.11 Å². The Hall–Kier alpha value is -2.14. The number of nitrogens with one attached hydrogen (secondary N) is 1. The lowest BCUT2D eigenvalue weighted by molar-refractivity contribution is 0.469. The van der Waals surface area contributed by atoms with Gasteiger partial charge in [-0.15, -0.1) is 17.9 Å². The Balaban J connectivity index is 2.06. The molecule has 0 amide bonds. The topological polar surface area (TPSA) is 57.5 Å². The second kappa shape index (κ2) is 6.15. The molecule has 0 bridgehead atoms. The number of phenols is 1. The highest BCUT2D eigenvalue weighted by molar-refractivity contribution is 7.13. The van der Waals surface area contributed by atoms with Crippen LogP contribution in [0.1, 0.15) is 16.8 Å². The van der Waals surface area contributed by atoms with Crippen LogP contribution in [0.15, 0.2) is 41.3 Å². The molecule has 0 aliphatic rings. The van der Waals surface area contributed by atoms with Gasteiger partial charge in [0.1, 0.15) is 5.75 Å². The Morgan fingerprint density at radius 3 is 3.05 bits per heavy atom. The predicted octanol–water partition coefficient (Wildman–Crippen LogP) is 3.33. The van der Waals surface area contributed by atoms with Crippen LogP contribution in [0.2, 0.25) is 0 Å². The monoisotopic (exact) mass is 273 g/mol. The van der Waals surface area contributed by atoms with Crippen LogP contribution in [-0.2, 0) is 6.42 Å². The summed E-state index contributed by atoms with van der Waals surface area (Å²) in [5.41, 5.74) is 5.60. The number of benzene rings is 1. The highest BCUT2D eigenvalue weighted by Crippen LogP contribution is 2.19. The zero-order valence-corrected chi connectivity index (χ0v) is 11.4. The van der Waals surface area contributed by atoms with E-state index in [-0.39, 0.29) is 5.75 Å². The van der Waals surface area contributed by atoms with Crippen LogP contribution in [0.3, 0.4) is 0 Å². The van der Waals surface area contributed by atoms with Crippen LogP contribution in [0.5, 0.6) is 5.75 Å². The number of aromatic hydroxyl groups is 1. The van der Waals surface area contributed by atoms with Crippen molar-refractivity contribution in [3.05, 3.63) is 53.1 Å². The van der Waals surface area contributed by atoms with Crippen molar-refractivity contribution in [2.45, 2.75) is 13.3 Å². The van der Waals surface area contributed by atoms with Crippen molar-refractivity contribution in [1.82, 2.24) is 4.98 Å². The first kappa shape index (κ1) is 13.3. The number of thiazole rings is 1. The molecule has 0 fully saturated rings. The van der Waals surface area contributed by atoms with Crippen molar-refractivity contribution in [3.63, 3.8) is 0 Å². The number of hydrazone groups is 1. The van der Waals surface area contributed by atoms with Crippen molar-refractivity contribution in [2.24, 2.45) is 5.10 Å². The molecule has 0 aliphatic carbocycles. The number of hydrogen-bond acceptors (Lipinski definition) is 5. The molecule has 4 nitrogen and oxygen atoms in total. The third-order valence-corrected chi connectivity index (χ3v) is 3.33. The molecule has 2 aromatic rings. The van der Waals surface area contributed by atoms with Crippen LogP contribution in [-0.4, -0.2) is 16.3 Å². The lowest BCUT2D eigenvalue weighted by Crippen LogP contribution is -1.91. The minimum absolute atomic E-state index is 0.278. The second-order valence-electron chi connectivity index (χ2n) is 4.04. The minimum atomic E-state index is 0.278. The molecule has 0 atom stereocenters. The fourth-order valence-corrected chi connectivity index (χ4v) is 2.21. The Morgan fingerprint density at radius 1 is 1.53 bits per heavy atom. The average molecular weight is 273 g/mol. The number of aromatic nitrogens is 1. The third-order valence-electron chi connectivity index (χ3n) is 2.46. The molecule has 1 heterocycles. The van der Waals surface area contributed by atoms with E-state index in [1.807, 2.05) is 18.4 Å². The summed E-state index contributed by atoms with van der Waals surface area (Å²) in [5, 5.41) is 16.5. The van der Waals surface area contributed by atoms with Crippen molar-refractivity contribution in [3.8, 4) is 5.75 Å². The fraction of sp³-hybridized carbons (Fsp3) is 0.143. The van der Waals surface area contributed by atoms with Gasteiger partial charge in [0.05, 0.1) is 11.9 Å². The molecule has 0 spiro atoms. The Labute approximate surface area is 116 Å². The number of allylic oxidation sites excluding steroid dienone is 1. The second-order valence-corrected chi connectivity index (χ2v) is 4.90. The van der Waals surface area contributed by atoms with Crippen LogP contribution in [0.4, 0.5) is 5.13 Å². The van der Waals surface area contributed by atoms with Gasteiger partial charge in [-0.05, 0) is 42.7 Å². The Bertz CT molecular complexity index is 604. The van der Waals surface area contributed by atoms with Crippen molar-refractivity contribution in [1.29, 1.82) is 0 Å². The Morgan fingerprint density at radius 2 is 2.37 bits per heavy atom. The van der Waals surface area contributed by atoms with E-state index in [0.29, 0.717) is 6.42 Å². The van der Waals surface area contributed by atoms with Gasteiger partial charge in [-0.1, -0.05) is 6.08 Å². The SMILES string of the molecule is C=CCc1cc(C=NNc2nc(C)cs2)ccc1O. The van der Waals surface area contributed by atoms with E-state index in [1.54, 1.807) is 24.4 Å². The number of rotatable bonds is 5. The van der Waals surface area contributed by atoms with Gasteiger partial charge < -0.3 is 5.11 Å². The third kappa shape index (κ3) is 3.66. The molecule has 0 aliphatic heterocycles. The summed E-state index contributed by atoms with van der Waals surface area (Å²) < 4.78 is 0. The maximum atomic E-state index is 9.66. The molecule has 1 aromatic carbocycles. The highest BCUT2D eigenvalue weighted by Gasteiger charge is 2.00. The first-order chi connectivity index (χ1) is 9.19. The fourth-order valence-electron chi connectivity index (χ4n) is 1.57. The molecular weight excluding hydrogens is 258 g/mol. The minimum Gasteiger partial charge on any atom is -0.508 e. The number of aryl methyl sites for hydroxylation is 1. The highest BCUT2D eigenvalue weighted by atomic mass is 32.1. The summed E-state index contributed by atoms with van der Waals surface area (Å²) in [6.45, 7) is 5.60. The van der Waals surface area contributed by atoms with Gasteiger partial charge in [-0.3, -0.25) is 5.43 Å². The molecule has 5 heteroatoms. The summed E-state index contributed by atoms with van der Waals surface area (Å²) >= 11 is 1.51. The molecule has 2 N–H and O–H groups in total. The lowest BCUT2D eigenvalue weighted by Gasteiger charge is -2.02. The lowest BCUT2D eigenvalue weighted by atomic mass is 10.1. The van der Waals surface area contributed by atoms with Gasteiger partial charge in [0.2, 0.25) is 5.13 Å². The van der Waals surface area contributed by atoms with Gasteiger partial charge >= 0.3 is 0 Å². The standard InChI is InChI=1S/C14H15N3OS/c1-3-4-12-7-11(5-6-13(12)18)8-15-17-14-16-10(2)9-19-14/h3,5-9,18H,1,4H2,2H3,(H,16,17). The number of hydrogen-bond donors (Lipinski definition) is 2. The van der Waals surface area contributed by atoms with Gasteiger partial charge in [0.15, 0.2) is 0 Å². The van der Waals surface area contributed by atoms with E-state index in [1.165, 1.54) is 11.3 Å². The summed E-state index contributed by atoms with van der Waals surface area (Å²) in [4.78, 5) is 4.24. The zero-order chi connectivity index (χ0) is 13.7. The van der Waals surface area contributed by atoms with Crippen molar-refractivity contribution >= 4 is 22.7 Å². The van der Waals surface area contributed by atoms with Gasteiger partial charge in [-0.25, -0.2) is 4.98 Å². The van der Waals surface area contributed by atoms with E-state index in [4.69, 9.17) is 0 Å².